The Labute approximate surface area is 134 Å². The number of nitrogens with zero attached hydrogens (tertiary/aromatic N) is 3. The lowest BCUT2D eigenvalue weighted by Crippen LogP contribution is -2.28. The van der Waals surface area contributed by atoms with E-state index in [1.165, 1.54) is 0 Å². The van der Waals surface area contributed by atoms with Gasteiger partial charge in [-0.2, -0.15) is 4.98 Å². The molecule has 0 aliphatic carbocycles. The van der Waals surface area contributed by atoms with Gasteiger partial charge >= 0.3 is 0 Å². The number of carbonyl (C=O) groups excluding carboxylic acids is 2. The van der Waals surface area contributed by atoms with Gasteiger partial charge in [0.15, 0.2) is 5.58 Å². The molecule has 1 aliphatic rings. The van der Waals surface area contributed by atoms with E-state index in [9.17, 15) is 9.59 Å². The summed E-state index contributed by atoms with van der Waals surface area (Å²) in [5.74, 6) is 0.0263. The van der Waals surface area contributed by atoms with Crippen molar-refractivity contribution in [3.8, 4) is 0 Å². The minimum atomic E-state index is -0.111. The second-order valence-electron chi connectivity index (χ2n) is 5.86. The van der Waals surface area contributed by atoms with E-state index in [1.807, 2.05) is 14.1 Å². The third-order valence-electron chi connectivity index (χ3n) is 3.82. The summed E-state index contributed by atoms with van der Waals surface area (Å²) in [4.78, 5) is 31.4. The maximum atomic E-state index is 12.0. The van der Waals surface area contributed by atoms with Crippen LogP contribution in [0.3, 0.4) is 0 Å². The summed E-state index contributed by atoms with van der Waals surface area (Å²) >= 11 is 0. The number of carbonyl (C=O) groups is 2. The number of amides is 2. The first-order valence-electron chi connectivity index (χ1n) is 7.68. The number of anilines is 2. The average molecular weight is 316 g/mol. The molecule has 1 aliphatic heterocycles. The van der Waals surface area contributed by atoms with Gasteiger partial charge in [0.25, 0.3) is 6.01 Å². The highest BCUT2D eigenvalue weighted by Gasteiger charge is 2.20. The lowest BCUT2D eigenvalue weighted by Gasteiger charge is -2.14. The van der Waals surface area contributed by atoms with Crippen molar-refractivity contribution >= 4 is 34.6 Å². The molecule has 0 saturated carbocycles. The highest BCUT2D eigenvalue weighted by molar-refractivity contribution is 5.93. The number of fused-ring (bicyclic) bond motifs is 1. The second-order valence-corrected chi connectivity index (χ2v) is 5.86. The molecule has 0 unspecified atom stereocenters. The topological polar surface area (TPSA) is 78.7 Å². The highest BCUT2D eigenvalue weighted by Crippen LogP contribution is 2.23. The molecule has 1 N–H and O–H groups in total. The molecule has 1 fully saturated rings. The number of nitrogens with one attached hydrogen (secondary N) is 1. The van der Waals surface area contributed by atoms with Gasteiger partial charge in [0.2, 0.25) is 11.8 Å². The van der Waals surface area contributed by atoms with Crippen LogP contribution in [0.2, 0.25) is 0 Å². The van der Waals surface area contributed by atoms with E-state index >= 15 is 0 Å². The molecule has 1 aromatic carbocycles. The molecule has 122 valence electrons. The van der Waals surface area contributed by atoms with Crippen LogP contribution in [0, 0.1) is 0 Å². The molecule has 1 aromatic heterocycles. The van der Waals surface area contributed by atoms with Gasteiger partial charge in [0.1, 0.15) is 5.52 Å². The number of hydrogen-bond donors (Lipinski definition) is 1. The van der Waals surface area contributed by atoms with Crippen molar-refractivity contribution in [3.05, 3.63) is 18.2 Å². The molecule has 0 atom stereocenters. The minimum Gasteiger partial charge on any atom is -0.423 e. The van der Waals surface area contributed by atoms with E-state index in [1.54, 1.807) is 28.0 Å². The van der Waals surface area contributed by atoms with E-state index in [2.05, 4.69) is 10.3 Å². The summed E-state index contributed by atoms with van der Waals surface area (Å²) in [5, 5.41) is 2.84. The van der Waals surface area contributed by atoms with Gasteiger partial charge < -0.3 is 19.5 Å². The van der Waals surface area contributed by atoms with Crippen LogP contribution in [0.15, 0.2) is 22.6 Å². The fourth-order valence-corrected chi connectivity index (χ4v) is 2.58. The molecule has 0 radical (unpaired) electrons. The molecule has 0 spiro atoms. The Balaban J connectivity index is 1.61. The molecular formula is C16H20N4O3. The van der Waals surface area contributed by atoms with Crippen molar-refractivity contribution in [2.45, 2.75) is 19.3 Å². The molecule has 2 heterocycles. The van der Waals surface area contributed by atoms with Crippen LogP contribution in [0.5, 0.6) is 0 Å². The quantitative estimate of drug-likeness (QED) is 0.910. The number of likely N-dealkylation sites (tertiary alicyclic amines) is 1. The lowest BCUT2D eigenvalue weighted by atomic mass is 10.2. The van der Waals surface area contributed by atoms with Crippen LogP contribution in [0.1, 0.15) is 19.3 Å². The zero-order chi connectivity index (χ0) is 16.4. The standard InChI is InChI=1S/C16H20N4O3/c1-19(2)16-18-12-10-11(5-6-13(12)23-16)17-14(21)7-9-20-8-3-4-15(20)22/h5-6,10H,3-4,7-9H2,1-2H3,(H,17,21). The molecule has 3 rings (SSSR count). The Morgan fingerprint density at radius 2 is 2.26 bits per heavy atom. The maximum Gasteiger partial charge on any atom is 0.297 e. The predicted octanol–water partition coefficient (Wildman–Crippen LogP) is 1.84. The molecule has 2 amide bonds. The largest absolute Gasteiger partial charge is 0.423 e. The van der Waals surface area contributed by atoms with Crippen LogP contribution in [-0.4, -0.2) is 48.9 Å². The molecule has 7 nitrogen and oxygen atoms in total. The summed E-state index contributed by atoms with van der Waals surface area (Å²) in [6.07, 6.45) is 1.78. The normalized spacial score (nSPS) is 14.5. The van der Waals surface area contributed by atoms with Gasteiger partial charge in [0.05, 0.1) is 0 Å². The number of aromatic nitrogens is 1. The van der Waals surface area contributed by atoms with Crippen molar-refractivity contribution in [3.63, 3.8) is 0 Å². The Bertz CT molecular complexity index is 738. The van der Waals surface area contributed by atoms with Crippen LogP contribution in [-0.2, 0) is 9.59 Å². The smallest absolute Gasteiger partial charge is 0.297 e. The maximum absolute atomic E-state index is 12.0. The number of benzene rings is 1. The zero-order valence-electron chi connectivity index (χ0n) is 13.3. The number of oxazole rings is 1. The summed E-state index contributed by atoms with van der Waals surface area (Å²) in [6.45, 7) is 1.23. The van der Waals surface area contributed by atoms with Crippen LogP contribution in [0.25, 0.3) is 11.1 Å². The van der Waals surface area contributed by atoms with Crippen LogP contribution >= 0.6 is 0 Å². The Hall–Kier alpha value is -2.57. The second kappa shape index (κ2) is 6.28. The van der Waals surface area contributed by atoms with E-state index in [4.69, 9.17) is 4.42 Å². The van der Waals surface area contributed by atoms with Crippen molar-refractivity contribution in [2.24, 2.45) is 0 Å². The van der Waals surface area contributed by atoms with Crippen molar-refractivity contribution in [2.75, 3.05) is 37.4 Å². The molecular weight excluding hydrogens is 296 g/mol. The van der Waals surface area contributed by atoms with Gasteiger partial charge in [-0.3, -0.25) is 9.59 Å². The van der Waals surface area contributed by atoms with Gasteiger partial charge in [0, 0.05) is 45.7 Å². The van der Waals surface area contributed by atoms with Gasteiger partial charge in [-0.25, -0.2) is 0 Å². The minimum absolute atomic E-state index is 0.111. The first-order valence-corrected chi connectivity index (χ1v) is 7.68. The Morgan fingerprint density at radius 1 is 1.43 bits per heavy atom. The Morgan fingerprint density at radius 3 is 2.96 bits per heavy atom. The fraction of sp³-hybridized carbons (Fsp3) is 0.438. The van der Waals surface area contributed by atoms with Gasteiger partial charge in [-0.05, 0) is 24.6 Å². The monoisotopic (exact) mass is 316 g/mol. The third kappa shape index (κ3) is 3.44. The molecule has 0 bridgehead atoms. The number of hydrogen-bond acceptors (Lipinski definition) is 5. The highest BCUT2D eigenvalue weighted by atomic mass is 16.4. The third-order valence-corrected chi connectivity index (χ3v) is 3.82. The van der Waals surface area contributed by atoms with E-state index in [0.29, 0.717) is 42.2 Å². The van der Waals surface area contributed by atoms with E-state index < -0.39 is 0 Å². The SMILES string of the molecule is CN(C)c1nc2cc(NC(=O)CCN3CCCC3=O)ccc2o1. The lowest BCUT2D eigenvalue weighted by molar-refractivity contribution is -0.128. The van der Waals surface area contributed by atoms with E-state index in [-0.39, 0.29) is 11.8 Å². The molecule has 7 heteroatoms. The first-order chi connectivity index (χ1) is 11.0. The fourth-order valence-electron chi connectivity index (χ4n) is 2.58. The molecule has 2 aromatic rings. The van der Waals surface area contributed by atoms with Crippen molar-refractivity contribution in [1.29, 1.82) is 0 Å². The Kier molecular flexibility index (Phi) is 4.18. The number of rotatable bonds is 5. The van der Waals surface area contributed by atoms with Crippen LogP contribution in [0.4, 0.5) is 11.7 Å². The van der Waals surface area contributed by atoms with Gasteiger partial charge in [-0.1, -0.05) is 0 Å². The summed E-state index contributed by atoms with van der Waals surface area (Å²) in [7, 11) is 3.71. The predicted molar refractivity (Wildman–Crippen MR) is 87.4 cm³/mol. The van der Waals surface area contributed by atoms with Crippen LogP contribution < -0.4 is 10.2 Å². The summed E-state index contributed by atoms with van der Waals surface area (Å²) in [6, 6.07) is 5.88. The average Bonchev–Trinajstić information content (AvgIpc) is 3.10. The van der Waals surface area contributed by atoms with Crippen molar-refractivity contribution in [1.82, 2.24) is 9.88 Å². The summed E-state index contributed by atoms with van der Waals surface area (Å²) < 4.78 is 5.57. The summed E-state index contributed by atoms with van der Waals surface area (Å²) in [5.41, 5.74) is 2.05. The van der Waals surface area contributed by atoms with Gasteiger partial charge in [-0.15, -0.1) is 0 Å². The zero-order valence-corrected chi connectivity index (χ0v) is 13.3. The van der Waals surface area contributed by atoms with Crippen molar-refractivity contribution < 1.29 is 14.0 Å². The molecule has 23 heavy (non-hydrogen) atoms. The molecule has 1 saturated heterocycles. The first kappa shape index (κ1) is 15.3. The van der Waals surface area contributed by atoms with E-state index in [0.717, 1.165) is 13.0 Å².